The lowest BCUT2D eigenvalue weighted by Crippen LogP contribution is -2.51. The number of benzene rings is 2. The van der Waals surface area contributed by atoms with Crippen LogP contribution < -0.4 is 20.6 Å². The predicted octanol–water partition coefficient (Wildman–Crippen LogP) is 1.87. The number of carbonyl (C=O) groups excluding carboxylic acids is 2. The van der Waals surface area contributed by atoms with E-state index in [1.807, 2.05) is 0 Å². The van der Waals surface area contributed by atoms with Gasteiger partial charge in [0.05, 0.1) is 22.4 Å². The quantitative estimate of drug-likeness (QED) is 0.881. The third kappa shape index (κ3) is 2.22. The van der Waals surface area contributed by atoms with Crippen LogP contribution in [-0.4, -0.2) is 17.2 Å². The average Bonchev–Trinajstić information content (AvgIpc) is 2.48. The van der Waals surface area contributed by atoms with Gasteiger partial charge in [0.1, 0.15) is 5.69 Å². The maximum atomic E-state index is 12.2. The minimum absolute atomic E-state index is 0.0119. The van der Waals surface area contributed by atoms with E-state index in [1.165, 1.54) is 12.1 Å². The number of anilines is 3. The number of carboxylic acids is 1. The van der Waals surface area contributed by atoms with Crippen LogP contribution in [0.15, 0.2) is 42.5 Å². The fourth-order valence-corrected chi connectivity index (χ4v) is 2.33. The Morgan fingerprint density at radius 1 is 1.18 bits per heavy atom. The first-order valence-electron chi connectivity index (χ1n) is 6.19. The molecule has 1 aliphatic rings. The minimum atomic E-state index is -1.42. The van der Waals surface area contributed by atoms with Gasteiger partial charge in [-0.3, -0.25) is 5.21 Å². The Morgan fingerprint density at radius 3 is 2.64 bits per heavy atom. The van der Waals surface area contributed by atoms with Crippen LogP contribution in [0.4, 0.5) is 21.9 Å². The molecule has 0 saturated carbocycles. The second-order valence-corrected chi connectivity index (χ2v) is 4.91. The van der Waals surface area contributed by atoms with Crippen molar-refractivity contribution < 1.29 is 19.9 Å². The van der Waals surface area contributed by atoms with Crippen LogP contribution in [0.5, 0.6) is 0 Å². The first kappa shape index (κ1) is 14.2. The standard InChI is InChI=1S/C14H10ClN3O4/c15-9-6-5-8(13(19)20)7-12(9)17-14(21)16-10-3-1-2-4-11(10)18(17)22/h1-7,22H,(H,16,21)(H,19,20)/p-1. The van der Waals surface area contributed by atoms with E-state index < -0.39 is 12.0 Å². The highest BCUT2D eigenvalue weighted by Crippen LogP contribution is 2.36. The van der Waals surface area contributed by atoms with Gasteiger partial charge in [-0.15, -0.1) is 0 Å². The molecular weight excluding hydrogens is 310 g/mol. The number of aromatic carboxylic acids is 1. The van der Waals surface area contributed by atoms with Crippen molar-refractivity contribution in [2.24, 2.45) is 0 Å². The molecule has 0 unspecified atom stereocenters. The molecule has 2 amide bonds. The van der Waals surface area contributed by atoms with E-state index in [4.69, 9.17) is 11.6 Å². The summed E-state index contributed by atoms with van der Waals surface area (Å²) in [5.41, 5.74) is 0.577. The van der Waals surface area contributed by atoms with Crippen LogP contribution in [0.2, 0.25) is 5.02 Å². The maximum absolute atomic E-state index is 12.2. The summed E-state index contributed by atoms with van der Waals surface area (Å²) in [6.45, 7) is 0. The molecule has 0 saturated heterocycles. The van der Waals surface area contributed by atoms with E-state index in [2.05, 4.69) is 5.32 Å². The van der Waals surface area contributed by atoms with Gasteiger partial charge >= 0.3 is 6.03 Å². The molecule has 0 spiro atoms. The topological polar surface area (TPSA) is 95.9 Å². The second-order valence-electron chi connectivity index (χ2n) is 4.50. The molecule has 2 N–H and O–H groups in total. The zero-order valence-electron chi connectivity index (χ0n) is 11.0. The highest BCUT2D eigenvalue weighted by Gasteiger charge is 2.31. The normalized spacial score (nSPS) is 13.6. The number of urea groups is 1. The molecule has 2 aromatic rings. The highest BCUT2D eigenvalue weighted by atomic mass is 35.5. The summed E-state index contributed by atoms with van der Waals surface area (Å²) in [5.74, 6) is -1.42. The molecule has 3 rings (SSSR count). The van der Waals surface area contributed by atoms with Crippen molar-refractivity contribution in [2.45, 2.75) is 0 Å². The van der Waals surface area contributed by atoms with Crippen LogP contribution in [0.1, 0.15) is 10.4 Å². The lowest BCUT2D eigenvalue weighted by molar-refractivity contribution is -0.255. The highest BCUT2D eigenvalue weighted by molar-refractivity contribution is 6.34. The summed E-state index contributed by atoms with van der Waals surface area (Å²) < 4.78 is 0. The number of hydrogen-bond donors (Lipinski definition) is 2. The number of hydrogen-bond acceptors (Lipinski definition) is 5. The van der Waals surface area contributed by atoms with Gasteiger partial charge in [-0.05, 0) is 29.8 Å². The molecule has 2 aromatic carbocycles. The smallest absolute Gasteiger partial charge is 0.347 e. The van der Waals surface area contributed by atoms with Crippen molar-refractivity contribution in [3.8, 4) is 0 Å². The number of carbonyl (C=O) groups is 2. The molecule has 1 aliphatic heterocycles. The Bertz CT molecular complexity index is 780. The summed E-state index contributed by atoms with van der Waals surface area (Å²) in [7, 11) is 0. The SMILES string of the molecule is O=C([O-])c1ccc(Cl)c(N2C(=O)Nc3ccccc3N2O)c1. The van der Waals surface area contributed by atoms with E-state index in [9.17, 15) is 19.9 Å². The molecule has 0 radical (unpaired) electrons. The summed E-state index contributed by atoms with van der Waals surface area (Å²) >= 11 is 6.02. The molecule has 0 aromatic heterocycles. The molecule has 22 heavy (non-hydrogen) atoms. The molecule has 8 heteroatoms. The summed E-state index contributed by atoms with van der Waals surface area (Å²) in [4.78, 5) is 23.2. The number of rotatable bonds is 2. The maximum Gasteiger partial charge on any atom is 0.347 e. The van der Waals surface area contributed by atoms with Gasteiger partial charge in [-0.2, -0.15) is 10.2 Å². The van der Waals surface area contributed by atoms with Crippen LogP contribution in [-0.2, 0) is 0 Å². The molecule has 0 fully saturated rings. The van der Waals surface area contributed by atoms with Gasteiger partial charge < -0.3 is 15.2 Å². The van der Waals surface area contributed by atoms with E-state index in [0.29, 0.717) is 16.5 Å². The monoisotopic (exact) mass is 318 g/mol. The Morgan fingerprint density at radius 2 is 1.91 bits per heavy atom. The van der Waals surface area contributed by atoms with Crippen LogP contribution in [0, 0.1) is 0 Å². The van der Waals surface area contributed by atoms with E-state index in [-0.39, 0.29) is 16.3 Å². The van der Waals surface area contributed by atoms with Crippen molar-refractivity contribution in [1.82, 2.24) is 0 Å². The second kappa shape index (κ2) is 5.21. The summed E-state index contributed by atoms with van der Waals surface area (Å²) in [6.07, 6.45) is 0. The Kier molecular flexibility index (Phi) is 3.36. The van der Waals surface area contributed by atoms with Gasteiger partial charge in [0.2, 0.25) is 0 Å². The zero-order valence-corrected chi connectivity index (χ0v) is 11.7. The number of nitrogens with zero attached hydrogens (tertiary/aromatic N) is 2. The third-order valence-electron chi connectivity index (χ3n) is 3.15. The molecule has 1 heterocycles. The zero-order chi connectivity index (χ0) is 15.9. The third-order valence-corrected chi connectivity index (χ3v) is 3.47. The number of nitrogens with one attached hydrogen (secondary N) is 1. The Labute approximate surface area is 129 Å². The number of para-hydroxylation sites is 2. The van der Waals surface area contributed by atoms with Gasteiger partial charge in [-0.1, -0.05) is 29.8 Å². The van der Waals surface area contributed by atoms with Crippen molar-refractivity contribution in [2.75, 3.05) is 15.5 Å². The van der Waals surface area contributed by atoms with Crippen molar-refractivity contribution in [3.63, 3.8) is 0 Å². The lowest BCUT2D eigenvalue weighted by Gasteiger charge is -2.36. The van der Waals surface area contributed by atoms with Crippen LogP contribution in [0.25, 0.3) is 0 Å². The van der Waals surface area contributed by atoms with Crippen molar-refractivity contribution >= 4 is 40.7 Å². The van der Waals surface area contributed by atoms with Gasteiger partial charge in [0.25, 0.3) is 0 Å². The average molecular weight is 319 g/mol. The van der Waals surface area contributed by atoms with Gasteiger partial charge in [0.15, 0.2) is 0 Å². The van der Waals surface area contributed by atoms with Gasteiger partial charge in [0, 0.05) is 0 Å². The van der Waals surface area contributed by atoms with E-state index >= 15 is 0 Å². The Hall–Kier alpha value is -2.77. The minimum Gasteiger partial charge on any atom is -0.545 e. The van der Waals surface area contributed by atoms with E-state index in [1.54, 1.807) is 24.3 Å². The molecule has 0 atom stereocenters. The molecular formula is C14H9ClN3O4-. The van der Waals surface area contributed by atoms with Crippen molar-refractivity contribution in [3.05, 3.63) is 53.1 Å². The van der Waals surface area contributed by atoms with Crippen molar-refractivity contribution in [1.29, 1.82) is 0 Å². The molecule has 7 nitrogen and oxygen atoms in total. The number of halogens is 1. The summed E-state index contributed by atoms with van der Waals surface area (Å²) in [6, 6.07) is 9.60. The largest absolute Gasteiger partial charge is 0.545 e. The number of carboxylic acid groups (broad SMARTS) is 1. The predicted molar refractivity (Wildman–Crippen MR) is 78.0 cm³/mol. The fourth-order valence-electron chi connectivity index (χ4n) is 2.13. The Balaban J connectivity index is 2.11. The number of amides is 2. The molecule has 112 valence electrons. The lowest BCUT2D eigenvalue weighted by atomic mass is 10.2. The first-order valence-corrected chi connectivity index (χ1v) is 6.57. The van der Waals surface area contributed by atoms with Crippen LogP contribution in [0.3, 0.4) is 0 Å². The fraction of sp³-hybridized carbons (Fsp3) is 0. The number of fused-ring (bicyclic) bond motifs is 1. The number of hydrazine groups is 1. The van der Waals surface area contributed by atoms with Gasteiger partial charge in [-0.25, -0.2) is 4.79 Å². The van der Waals surface area contributed by atoms with Crippen LogP contribution >= 0.6 is 11.6 Å². The molecule has 0 bridgehead atoms. The first-order chi connectivity index (χ1) is 10.5. The molecule has 0 aliphatic carbocycles. The van der Waals surface area contributed by atoms with E-state index in [0.717, 1.165) is 11.1 Å². The summed E-state index contributed by atoms with van der Waals surface area (Å²) in [5, 5.41) is 25.3.